The summed E-state index contributed by atoms with van der Waals surface area (Å²) in [4.78, 5) is 51.1. The van der Waals surface area contributed by atoms with E-state index in [0.717, 1.165) is 21.6 Å². The second-order valence-corrected chi connectivity index (χ2v) is 11.7. The lowest BCUT2D eigenvalue weighted by Crippen LogP contribution is -2.66. The fourth-order valence-corrected chi connectivity index (χ4v) is 5.45. The number of anilines is 1. The molecule has 2 aromatic carbocycles. The quantitative estimate of drug-likeness (QED) is 0.177. The van der Waals surface area contributed by atoms with Crippen molar-refractivity contribution < 1.29 is 29.1 Å². The van der Waals surface area contributed by atoms with Crippen molar-refractivity contribution in [1.82, 2.24) is 15.2 Å². The second-order valence-electron chi connectivity index (χ2n) is 11.7. The maximum Gasteiger partial charge on any atom is 0.413 e. The first-order valence-electron chi connectivity index (χ1n) is 14.3. The average Bonchev–Trinajstić information content (AvgIpc) is 3.00. The van der Waals surface area contributed by atoms with Crippen molar-refractivity contribution in [2.75, 3.05) is 19.1 Å². The zero-order valence-corrected chi connectivity index (χ0v) is 25.9. The molecule has 0 saturated carbocycles. The van der Waals surface area contributed by atoms with Gasteiger partial charge in [0.25, 0.3) is 0 Å². The molecule has 0 unspecified atom stereocenters. The molecule has 1 fully saturated rings. The molecule has 0 aliphatic carbocycles. The molecular formula is C33H39N5O6. The van der Waals surface area contributed by atoms with Crippen LogP contribution in [-0.2, 0) is 28.0 Å². The molecule has 0 spiro atoms. The Balaban J connectivity index is 1.63. The van der Waals surface area contributed by atoms with Crippen LogP contribution in [-0.4, -0.2) is 59.5 Å². The molecule has 1 aliphatic heterocycles. The summed E-state index contributed by atoms with van der Waals surface area (Å²) in [6, 6.07) is 16.9. The van der Waals surface area contributed by atoms with Gasteiger partial charge in [-0.2, -0.15) is 0 Å². The van der Waals surface area contributed by atoms with Crippen molar-refractivity contribution in [3.8, 4) is 5.75 Å². The lowest BCUT2D eigenvalue weighted by Gasteiger charge is -2.44. The standard InChI is InChI=1S/C33H39N5O6/c1-21(23-10-8-7-9-11-23)36-31(40)38-27(19-35-44-6)26(30(38)39)18-24-16-17-34-29(28(24)33(2,3)4)37(32(41)42)20-22-12-14-25(43-5)15-13-22/h7-17,19,21,26-27H,18,20H2,1-6H3,(H,36,40)(H,41,42)/t21-,26-,27-/m1/s1. The smallest absolute Gasteiger partial charge is 0.413 e. The predicted octanol–water partition coefficient (Wildman–Crippen LogP) is 5.54. The Kier molecular flexibility index (Phi) is 9.87. The van der Waals surface area contributed by atoms with Crippen LogP contribution >= 0.6 is 0 Å². The summed E-state index contributed by atoms with van der Waals surface area (Å²) in [5.74, 6) is -0.0247. The van der Waals surface area contributed by atoms with Crippen LogP contribution in [0.4, 0.5) is 15.4 Å². The SMILES string of the molecule is CON=C[C@@H]1[C@@H](Cc2ccnc(N(Cc3ccc(OC)cc3)C(=O)O)c2C(C)(C)C)C(=O)N1C(=O)N[C@H](C)c1ccccc1. The largest absolute Gasteiger partial charge is 0.497 e. The predicted molar refractivity (Wildman–Crippen MR) is 167 cm³/mol. The van der Waals surface area contributed by atoms with E-state index in [1.807, 2.05) is 58.0 Å². The van der Waals surface area contributed by atoms with Gasteiger partial charge in [0.15, 0.2) is 0 Å². The summed E-state index contributed by atoms with van der Waals surface area (Å²) in [6.45, 7) is 7.84. The summed E-state index contributed by atoms with van der Waals surface area (Å²) >= 11 is 0. The molecule has 0 bridgehead atoms. The van der Waals surface area contributed by atoms with Crippen molar-refractivity contribution >= 4 is 30.1 Å². The number of pyridine rings is 1. The molecule has 0 radical (unpaired) electrons. The van der Waals surface area contributed by atoms with Crippen LogP contribution in [0.2, 0.25) is 0 Å². The number of amides is 4. The van der Waals surface area contributed by atoms with E-state index in [4.69, 9.17) is 9.57 Å². The number of methoxy groups -OCH3 is 1. The monoisotopic (exact) mass is 601 g/mol. The molecular weight excluding hydrogens is 562 g/mol. The van der Waals surface area contributed by atoms with Crippen molar-refractivity contribution in [3.63, 3.8) is 0 Å². The van der Waals surface area contributed by atoms with Crippen LogP contribution in [0, 0.1) is 5.92 Å². The Morgan fingerprint density at radius 3 is 2.39 bits per heavy atom. The lowest BCUT2D eigenvalue weighted by atomic mass is 9.77. The van der Waals surface area contributed by atoms with E-state index < -0.39 is 29.5 Å². The molecule has 11 heteroatoms. The van der Waals surface area contributed by atoms with Gasteiger partial charge in [-0.15, -0.1) is 0 Å². The van der Waals surface area contributed by atoms with Crippen molar-refractivity contribution in [1.29, 1.82) is 0 Å². The van der Waals surface area contributed by atoms with Gasteiger partial charge in [-0.3, -0.25) is 14.6 Å². The maximum absolute atomic E-state index is 13.5. The van der Waals surface area contributed by atoms with Gasteiger partial charge >= 0.3 is 12.1 Å². The van der Waals surface area contributed by atoms with Crippen molar-refractivity contribution in [2.24, 2.45) is 11.1 Å². The zero-order chi connectivity index (χ0) is 32.0. The van der Waals surface area contributed by atoms with Gasteiger partial charge in [-0.25, -0.2) is 14.6 Å². The van der Waals surface area contributed by atoms with E-state index in [-0.39, 0.29) is 24.9 Å². The lowest BCUT2D eigenvalue weighted by molar-refractivity contribution is -0.145. The Hall–Kier alpha value is -4.93. The number of oxime groups is 1. The number of ether oxygens (including phenoxy) is 1. The zero-order valence-electron chi connectivity index (χ0n) is 25.9. The fraction of sp³-hybridized carbons (Fsp3) is 0.364. The highest BCUT2D eigenvalue weighted by Crippen LogP contribution is 2.38. The van der Waals surface area contributed by atoms with E-state index in [2.05, 4.69) is 15.5 Å². The molecule has 2 heterocycles. The first-order valence-corrected chi connectivity index (χ1v) is 14.3. The number of carboxylic acid groups (broad SMARTS) is 1. The van der Waals surface area contributed by atoms with Crippen molar-refractivity contribution in [3.05, 3.63) is 89.1 Å². The van der Waals surface area contributed by atoms with Crippen LogP contribution in [0.3, 0.4) is 0 Å². The molecule has 44 heavy (non-hydrogen) atoms. The third-order valence-corrected chi connectivity index (χ3v) is 7.64. The number of nitrogens with one attached hydrogen (secondary N) is 1. The highest BCUT2D eigenvalue weighted by molar-refractivity contribution is 6.06. The van der Waals surface area contributed by atoms with E-state index >= 15 is 0 Å². The summed E-state index contributed by atoms with van der Waals surface area (Å²) in [6.07, 6.45) is 2.09. The topological polar surface area (TPSA) is 134 Å². The molecule has 3 atom stereocenters. The molecule has 1 aliphatic rings. The number of urea groups is 1. The number of β-lactam (4-membered cyclic amide) rings is 1. The van der Waals surface area contributed by atoms with Gasteiger partial charge in [0.2, 0.25) is 5.91 Å². The first kappa shape index (κ1) is 32.0. The van der Waals surface area contributed by atoms with Gasteiger partial charge in [-0.05, 0) is 53.6 Å². The number of rotatable bonds is 10. The molecule has 4 rings (SSSR count). The maximum atomic E-state index is 13.5. The number of benzene rings is 2. The van der Waals surface area contributed by atoms with Crippen LogP contribution in [0.5, 0.6) is 5.75 Å². The molecule has 232 valence electrons. The van der Waals surface area contributed by atoms with Crippen molar-refractivity contribution in [2.45, 2.75) is 58.2 Å². The third-order valence-electron chi connectivity index (χ3n) is 7.64. The Bertz CT molecular complexity index is 1500. The number of hydrogen-bond donors (Lipinski definition) is 2. The molecule has 11 nitrogen and oxygen atoms in total. The van der Waals surface area contributed by atoms with Gasteiger partial charge in [0.05, 0.1) is 37.9 Å². The van der Waals surface area contributed by atoms with E-state index in [1.54, 1.807) is 43.6 Å². The van der Waals surface area contributed by atoms with Crippen LogP contribution < -0.4 is 15.0 Å². The first-order chi connectivity index (χ1) is 21.0. The number of aromatic nitrogens is 1. The summed E-state index contributed by atoms with van der Waals surface area (Å²) < 4.78 is 5.23. The molecule has 4 amide bonds. The summed E-state index contributed by atoms with van der Waals surface area (Å²) in [5.41, 5.74) is 2.60. The van der Waals surface area contributed by atoms with Crippen LogP contribution in [0.25, 0.3) is 0 Å². The van der Waals surface area contributed by atoms with Crippen LogP contribution in [0.15, 0.2) is 72.0 Å². The Labute approximate surface area is 257 Å². The molecule has 1 aromatic heterocycles. The fourth-order valence-electron chi connectivity index (χ4n) is 5.45. The normalized spacial score (nSPS) is 17.1. The number of nitrogens with zero attached hydrogens (tertiary/aromatic N) is 4. The number of carbonyl (C=O) groups excluding carboxylic acids is 2. The summed E-state index contributed by atoms with van der Waals surface area (Å²) in [7, 11) is 2.96. The van der Waals surface area contributed by atoms with Gasteiger partial charge in [-0.1, -0.05) is 68.4 Å². The van der Waals surface area contributed by atoms with Crippen LogP contribution in [0.1, 0.15) is 56.0 Å². The van der Waals surface area contributed by atoms with Gasteiger partial charge < -0.3 is 20.0 Å². The minimum absolute atomic E-state index is 0.0674. The number of likely N-dealkylation sites (tertiary alicyclic amines) is 1. The number of hydrogen-bond acceptors (Lipinski definition) is 7. The van der Waals surface area contributed by atoms with Gasteiger partial charge in [0.1, 0.15) is 18.7 Å². The highest BCUT2D eigenvalue weighted by Gasteiger charge is 2.50. The molecule has 1 saturated heterocycles. The van der Waals surface area contributed by atoms with E-state index in [1.165, 1.54) is 18.2 Å². The Morgan fingerprint density at radius 2 is 1.80 bits per heavy atom. The minimum atomic E-state index is -1.16. The minimum Gasteiger partial charge on any atom is -0.497 e. The Morgan fingerprint density at radius 1 is 1.11 bits per heavy atom. The van der Waals surface area contributed by atoms with E-state index in [0.29, 0.717) is 17.1 Å². The molecule has 3 aromatic rings. The van der Waals surface area contributed by atoms with Gasteiger partial charge in [0, 0.05) is 11.8 Å². The summed E-state index contributed by atoms with van der Waals surface area (Å²) in [5, 5.41) is 17.0. The average molecular weight is 602 g/mol. The van der Waals surface area contributed by atoms with E-state index in [9.17, 15) is 19.5 Å². The second kappa shape index (κ2) is 13.6. The molecule has 2 N–H and O–H groups in total. The number of imide groups is 1. The number of carbonyl (C=O) groups is 3. The highest BCUT2D eigenvalue weighted by atomic mass is 16.6. The third kappa shape index (κ3) is 6.99.